The minimum absolute atomic E-state index is 0.144. The number of hydrogen-bond acceptors (Lipinski definition) is 4. The number of fused-ring (bicyclic) bond motifs is 1. The Kier molecular flexibility index (Phi) is 7.16. The van der Waals surface area contributed by atoms with E-state index in [1.54, 1.807) is 4.57 Å². The molecule has 0 bridgehead atoms. The second-order valence-electron chi connectivity index (χ2n) is 5.96. The summed E-state index contributed by atoms with van der Waals surface area (Å²) in [6.45, 7) is 3.88. The molecule has 6 heteroatoms. The fourth-order valence-corrected chi connectivity index (χ4v) is 2.82. The molecule has 1 heterocycles. The number of pyridine rings is 1. The van der Waals surface area contributed by atoms with Gasteiger partial charge in [-0.15, -0.1) is 0 Å². The summed E-state index contributed by atoms with van der Waals surface area (Å²) in [5.74, 6) is -1.19. The van der Waals surface area contributed by atoms with E-state index in [-0.39, 0.29) is 12.2 Å². The molecule has 2 N–H and O–H groups in total. The van der Waals surface area contributed by atoms with E-state index in [0.29, 0.717) is 31.6 Å². The summed E-state index contributed by atoms with van der Waals surface area (Å²) in [5.41, 5.74) is 1.16. The summed E-state index contributed by atoms with van der Waals surface area (Å²) in [6.07, 6.45) is 4.70. The molecule has 1 aromatic heterocycles. The third-order valence-electron chi connectivity index (χ3n) is 4.17. The zero-order chi connectivity index (χ0) is 18.2. The first-order valence-electron chi connectivity index (χ1n) is 8.66. The maximum Gasteiger partial charge on any atom is 0.341 e. The predicted molar refractivity (Wildman–Crippen MR) is 96.3 cm³/mol. The molecule has 0 amide bonds. The zero-order valence-electron chi connectivity index (χ0n) is 14.5. The van der Waals surface area contributed by atoms with Crippen molar-refractivity contribution in [2.24, 2.45) is 0 Å². The first-order valence-corrected chi connectivity index (χ1v) is 8.66. The number of rotatable bonds is 10. The molecule has 0 unspecified atom stereocenters. The summed E-state index contributed by atoms with van der Waals surface area (Å²) in [7, 11) is 0. The summed E-state index contributed by atoms with van der Waals surface area (Å²) < 4.78 is 7.19. The molecule has 0 aliphatic heterocycles. The Balaban J connectivity index is 2.11. The molecule has 0 radical (unpaired) electrons. The van der Waals surface area contributed by atoms with Crippen LogP contribution in [0.25, 0.3) is 10.9 Å². The molecule has 0 atom stereocenters. The number of aromatic nitrogens is 1. The molecule has 0 aliphatic rings. The highest BCUT2D eigenvalue weighted by Crippen LogP contribution is 2.16. The van der Waals surface area contributed by atoms with Crippen LogP contribution in [-0.2, 0) is 17.7 Å². The van der Waals surface area contributed by atoms with Crippen LogP contribution in [0, 0.1) is 0 Å². The lowest BCUT2D eigenvalue weighted by Crippen LogP contribution is -2.18. The number of hydrogen-bond donors (Lipinski definition) is 2. The molecule has 0 spiro atoms. The number of carboxylic acid groups (broad SMARTS) is 1. The van der Waals surface area contributed by atoms with Gasteiger partial charge in [-0.05, 0) is 50.3 Å². The lowest BCUT2D eigenvalue weighted by molar-refractivity contribution is 0.0695. The van der Waals surface area contributed by atoms with Gasteiger partial charge in [-0.25, -0.2) is 4.79 Å². The molecule has 2 rings (SSSR count). The average molecular weight is 347 g/mol. The van der Waals surface area contributed by atoms with E-state index in [4.69, 9.17) is 9.84 Å². The summed E-state index contributed by atoms with van der Waals surface area (Å²) in [6, 6.07) is 5.68. The third kappa shape index (κ3) is 4.90. The number of carbonyl (C=O) groups is 1. The summed E-state index contributed by atoms with van der Waals surface area (Å²) >= 11 is 0. The van der Waals surface area contributed by atoms with Crippen LogP contribution in [0.15, 0.2) is 29.2 Å². The van der Waals surface area contributed by atoms with Crippen molar-refractivity contribution in [1.29, 1.82) is 0 Å². The number of aryl methyl sites for hydroxylation is 2. The van der Waals surface area contributed by atoms with Gasteiger partial charge in [0.1, 0.15) is 5.56 Å². The summed E-state index contributed by atoms with van der Waals surface area (Å²) in [4.78, 5) is 23.7. The van der Waals surface area contributed by atoms with Crippen LogP contribution in [0.1, 0.15) is 42.1 Å². The number of aliphatic hydroxyl groups excluding tert-OH is 1. The quantitative estimate of drug-likeness (QED) is 0.645. The molecular weight excluding hydrogens is 322 g/mol. The average Bonchev–Trinajstić information content (AvgIpc) is 2.61. The number of nitrogens with zero attached hydrogens (tertiary/aromatic N) is 1. The summed E-state index contributed by atoms with van der Waals surface area (Å²) in [5, 5.41) is 18.4. The number of aliphatic hydroxyl groups is 1. The lowest BCUT2D eigenvalue weighted by atomic mass is 10.0. The molecule has 136 valence electrons. The Bertz CT molecular complexity index is 781. The Morgan fingerprint density at radius 1 is 1.20 bits per heavy atom. The zero-order valence-corrected chi connectivity index (χ0v) is 14.5. The fraction of sp³-hybridized carbons (Fsp3) is 0.474. The topological polar surface area (TPSA) is 88.8 Å². The molecule has 0 aliphatic carbocycles. The van der Waals surface area contributed by atoms with Gasteiger partial charge in [0.2, 0.25) is 5.43 Å². The molecule has 2 aromatic rings. The van der Waals surface area contributed by atoms with Crippen molar-refractivity contribution in [1.82, 2.24) is 4.57 Å². The SMILES string of the molecule is CCn1cc(C(=O)O)c(=O)c2cc(CCCCOCCCO)ccc21. The molecule has 25 heavy (non-hydrogen) atoms. The van der Waals surface area contributed by atoms with Gasteiger partial charge < -0.3 is 19.5 Å². The Labute approximate surface area is 146 Å². The van der Waals surface area contributed by atoms with Gasteiger partial charge in [0, 0.05) is 37.9 Å². The third-order valence-corrected chi connectivity index (χ3v) is 4.17. The first-order chi connectivity index (χ1) is 12.1. The minimum atomic E-state index is -1.19. The fourth-order valence-electron chi connectivity index (χ4n) is 2.82. The van der Waals surface area contributed by atoms with E-state index in [2.05, 4.69) is 0 Å². The van der Waals surface area contributed by atoms with Crippen molar-refractivity contribution in [2.45, 2.75) is 39.2 Å². The maximum atomic E-state index is 12.4. The van der Waals surface area contributed by atoms with Gasteiger partial charge in [-0.1, -0.05) is 6.07 Å². The maximum absolute atomic E-state index is 12.4. The highest BCUT2D eigenvalue weighted by molar-refractivity contribution is 5.92. The van der Waals surface area contributed by atoms with E-state index in [0.717, 1.165) is 30.3 Å². The number of carboxylic acids is 1. The van der Waals surface area contributed by atoms with E-state index in [9.17, 15) is 14.7 Å². The minimum Gasteiger partial charge on any atom is -0.477 e. The first kappa shape index (κ1) is 19.1. The second-order valence-corrected chi connectivity index (χ2v) is 5.96. The van der Waals surface area contributed by atoms with Gasteiger partial charge >= 0.3 is 5.97 Å². The highest BCUT2D eigenvalue weighted by atomic mass is 16.5. The molecule has 0 fully saturated rings. The molecule has 0 saturated heterocycles. The number of ether oxygens (including phenoxy) is 1. The second kappa shape index (κ2) is 9.34. The van der Waals surface area contributed by atoms with E-state index < -0.39 is 11.4 Å². The normalized spacial score (nSPS) is 11.1. The number of aromatic carboxylic acids is 1. The smallest absolute Gasteiger partial charge is 0.341 e. The van der Waals surface area contributed by atoms with Crippen LogP contribution < -0.4 is 5.43 Å². The van der Waals surface area contributed by atoms with Crippen LogP contribution in [0.5, 0.6) is 0 Å². The van der Waals surface area contributed by atoms with Crippen molar-refractivity contribution < 1.29 is 19.7 Å². The predicted octanol–water partition coefficient (Wildman–Crippen LogP) is 2.44. The van der Waals surface area contributed by atoms with E-state index >= 15 is 0 Å². The van der Waals surface area contributed by atoms with Gasteiger partial charge in [0.05, 0.1) is 5.52 Å². The number of unbranched alkanes of at least 4 members (excludes halogenated alkanes) is 1. The van der Waals surface area contributed by atoms with Gasteiger partial charge in [0.15, 0.2) is 0 Å². The molecule has 6 nitrogen and oxygen atoms in total. The Morgan fingerprint density at radius 2 is 1.96 bits per heavy atom. The van der Waals surface area contributed by atoms with Gasteiger partial charge in [-0.2, -0.15) is 0 Å². The van der Waals surface area contributed by atoms with Crippen LogP contribution in [-0.4, -0.2) is 40.6 Å². The van der Waals surface area contributed by atoms with Crippen LogP contribution in [0.3, 0.4) is 0 Å². The van der Waals surface area contributed by atoms with Gasteiger partial charge in [0.25, 0.3) is 0 Å². The standard InChI is InChI=1S/C19H25NO5/c1-2-20-13-16(19(23)24)18(22)15-12-14(7-8-17(15)20)6-3-4-10-25-11-5-9-21/h7-8,12-13,21H,2-6,9-11H2,1H3,(H,23,24). The highest BCUT2D eigenvalue weighted by Gasteiger charge is 2.14. The van der Waals surface area contributed by atoms with E-state index in [1.165, 1.54) is 6.20 Å². The number of benzene rings is 1. The molecule has 0 saturated carbocycles. The van der Waals surface area contributed by atoms with Crippen molar-refractivity contribution in [3.8, 4) is 0 Å². The van der Waals surface area contributed by atoms with Crippen molar-refractivity contribution >= 4 is 16.9 Å². The van der Waals surface area contributed by atoms with Crippen LogP contribution >= 0.6 is 0 Å². The van der Waals surface area contributed by atoms with E-state index in [1.807, 2.05) is 25.1 Å². The van der Waals surface area contributed by atoms with Crippen molar-refractivity contribution in [3.05, 3.63) is 45.7 Å². The Morgan fingerprint density at radius 3 is 2.64 bits per heavy atom. The Hall–Kier alpha value is -2.18. The van der Waals surface area contributed by atoms with Gasteiger partial charge in [-0.3, -0.25) is 4.79 Å². The van der Waals surface area contributed by atoms with Crippen LogP contribution in [0.4, 0.5) is 0 Å². The molecule has 1 aromatic carbocycles. The lowest BCUT2D eigenvalue weighted by Gasteiger charge is -2.11. The molecular formula is C19H25NO5. The van der Waals surface area contributed by atoms with Crippen LogP contribution in [0.2, 0.25) is 0 Å². The monoisotopic (exact) mass is 347 g/mol. The van der Waals surface area contributed by atoms with Crippen molar-refractivity contribution in [3.63, 3.8) is 0 Å². The van der Waals surface area contributed by atoms with Crippen molar-refractivity contribution in [2.75, 3.05) is 19.8 Å². The largest absolute Gasteiger partial charge is 0.477 e.